The molecule has 3 aromatic carbocycles. The van der Waals surface area contributed by atoms with Crippen LogP contribution in [0.5, 0.6) is 5.75 Å². The smallest absolute Gasteiger partial charge is 0.181 e. The number of benzene rings is 3. The molecular weight excluding hydrogens is 406 g/mol. The highest BCUT2D eigenvalue weighted by molar-refractivity contribution is 5.82. The maximum Gasteiger partial charge on any atom is 0.181 e. The van der Waals surface area contributed by atoms with E-state index >= 15 is 0 Å². The van der Waals surface area contributed by atoms with E-state index in [-0.39, 0.29) is 0 Å². The highest BCUT2D eigenvalue weighted by atomic mass is 16.5. The Morgan fingerprint density at radius 1 is 0.788 bits per heavy atom. The lowest BCUT2D eigenvalue weighted by molar-refractivity contribution is 0.308. The van der Waals surface area contributed by atoms with Crippen LogP contribution in [0.25, 0.3) is 16.9 Å². The summed E-state index contributed by atoms with van der Waals surface area (Å²) in [5, 5.41) is 3.69. The van der Waals surface area contributed by atoms with Gasteiger partial charge >= 0.3 is 0 Å². The van der Waals surface area contributed by atoms with Gasteiger partial charge in [-0.05, 0) is 49.6 Å². The van der Waals surface area contributed by atoms with Crippen LogP contribution in [0.2, 0.25) is 0 Å². The van der Waals surface area contributed by atoms with Crippen LogP contribution in [0.1, 0.15) is 22.3 Å². The first-order valence-electron chi connectivity index (χ1n) is 11.2. The van der Waals surface area contributed by atoms with Gasteiger partial charge in [-0.1, -0.05) is 78.4 Å². The first kappa shape index (κ1) is 20.8. The van der Waals surface area contributed by atoms with Crippen molar-refractivity contribution in [3.8, 4) is 17.0 Å². The Labute approximate surface area is 194 Å². The molecule has 1 N–H and O–H groups in total. The lowest BCUT2D eigenvalue weighted by Gasteiger charge is -2.14. The van der Waals surface area contributed by atoms with E-state index in [0.29, 0.717) is 6.61 Å². The van der Waals surface area contributed by atoms with Crippen LogP contribution < -0.4 is 10.1 Å². The molecule has 0 bridgehead atoms. The molecule has 0 fully saturated rings. The van der Waals surface area contributed by atoms with Gasteiger partial charge in [0.05, 0.1) is 0 Å². The number of rotatable bonds is 6. The Kier molecular flexibility index (Phi) is 5.57. The summed E-state index contributed by atoms with van der Waals surface area (Å²) in [6.45, 7) is 6.84. The molecule has 4 nitrogen and oxygen atoms in total. The first-order chi connectivity index (χ1) is 16.1. The van der Waals surface area contributed by atoms with Crippen LogP contribution in [0, 0.1) is 20.8 Å². The van der Waals surface area contributed by atoms with Gasteiger partial charge in [0, 0.05) is 17.4 Å². The molecule has 164 valence electrons. The van der Waals surface area contributed by atoms with Crippen molar-refractivity contribution in [1.82, 2.24) is 9.38 Å². The summed E-state index contributed by atoms with van der Waals surface area (Å²) in [6.07, 6.45) is 2.03. The van der Waals surface area contributed by atoms with E-state index in [1.165, 1.54) is 16.7 Å². The molecule has 5 rings (SSSR count). The summed E-state index contributed by atoms with van der Waals surface area (Å²) in [5.41, 5.74) is 8.58. The minimum Gasteiger partial charge on any atom is -0.485 e. The zero-order valence-electron chi connectivity index (χ0n) is 19.2. The van der Waals surface area contributed by atoms with Crippen LogP contribution >= 0.6 is 0 Å². The van der Waals surface area contributed by atoms with Crippen molar-refractivity contribution in [2.45, 2.75) is 27.4 Å². The van der Waals surface area contributed by atoms with Crippen LogP contribution in [-0.2, 0) is 6.61 Å². The third-order valence-corrected chi connectivity index (χ3v) is 5.90. The molecule has 0 saturated carbocycles. The fourth-order valence-corrected chi connectivity index (χ4v) is 4.05. The maximum absolute atomic E-state index is 6.22. The van der Waals surface area contributed by atoms with Crippen LogP contribution in [-0.4, -0.2) is 9.38 Å². The van der Waals surface area contributed by atoms with E-state index in [2.05, 4.69) is 85.1 Å². The number of ether oxygens (including phenoxy) is 1. The van der Waals surface area contributed by atoms with Gasteiger partial charge in [-0.2, -0.15) is 0 Å². The molecule has 4 heteroatoms. The first-order valence-corrected chi connectivity index (χ1v) is 11.2. The SMILES string of the molecule is Cc1ccc(-c2nc3c(OCc4ccccc4)cccn3c2Nc2c(C)cccc2C)cc1. The number of hydrogen-bond acceptors (Lipinski definition) is 3. The molecule has 0 spiro atoms. The standard InChI is InChI=1S/C29H27N3O/c1-20-14-16-24(17-15-20)27-29(30-26-21(2)9-7-10-22(26)3)32-18-8-13-25(28(32)31-27)33-19-23-11-5-4-6-12-23/h4-18,30H,19H2,1-3H3. The number of anilines is 2. The van der Waals surface area contributed by atoms with Gasteiger partial charge in [-0.15, -0.1) is 0 Å². The summed E-state index contributed by atoms with van der Waals surface area (Å²) < 4.78 is 8.30. The molecule has 0 unspecified atom stereocenters. The quantitative estimate of drug-likeness (QED) is 0.306. The minimum absolute atomic E-state index is 0.493. The van der Waals surface area contributed by atoms with Crippen molar-refractivity contribution in [3.05, 3.63) is 113 Å². The van der Waals surface area contributed by atoms with E-state index in [4.69, 9.17) is 9.72 Å². The molecule has 0 aliphatic rings. The van der Waals surface area contributed by atoms with Crippen molar-refractivity contribution in [2.24, 2.45) is 0 Å². The van der Waals surface area contributed by atoms with E-state index in [1.54, 1.807) is 0 Å². The van der Waals surface area contributed by atoms with E-state index in [9.17, 15) is 0 Å². The highest BCUT2D eigenvalue weighted by Gasteiger charge is 2.18. The normalized spacial score (nSPS) is 11.0. The van der Waals surface area contributed by atoms with Crippen molar-refractivity contribution < 1.29 is 4.74 Å². The van der Waals surface area contributed by atoms with Gasteiger partial charge in [0.1, 0.15) is 18.1 Å². The van der Waals surface area contributed by atoms with Crippen molar-refractivity contribution in [3.63, 3.8) is 0 Å². The Hall–Kier alpha value is -4.05. The highest BCUT2D eigenvalue weighted by Crippen LogP contribution is 2.36. The van der Waals surface area contributed by atoms with Gasteiger partial charge in [0.15, 0.2) is 11.4 Å². The van der Waals surface area contributed by atoms with Crippen molar-refractivity contribution in [2.75, 3.05) is 5.32 Å². The molecule has 5 aromatic rings. The van der Waals surface area contributed by atoms with E-state index in [0.717, 1.165) is 39.7 Å². The molecular formula is C29H27N3O. The number of para-hydroxylation sites is 1. The number of imidazole rings is 1. The molecule has 0 radical (unpaired) electrons. The van der Waals surface area contributed by atoms with Crippen LogP contribution in [0.4, 0.5) is 11.5 Å². The molecule has 33 heavy (non-hydrogen) atoms. The summed E-state index contributed by atoms with van der Waals surface area (Å²) in [7, 11) is 0. The van der Waals surface area contributed by atoms with Crippen LogP contribution in [0.3, 0.4) is 0 Å². The Morgan fingerprint density at radius 3 is 2.24 bits per heavy atom. The predicted molar refractivity (Wildman–Crippen MR) is 135 cm³/mol. The van der Waals surface area contributed by atoms with Crippen molar-refractivity contribution in [1.29, 1.82) is 0 Å². The van der Waals surface area contributed by atoms with Gasteiger partial charge < -0.3 is 10.1 Å². The molecule has 0 aliphatic heterocycles. The second-order valence-electron chi connectivity index (χ2n) is 8.41. The average molecular weight is 434 g/mol. The number of nitrogens with zero attached hydrogens (tertiary/aromatic N) is 2. The molecule has 2 heterocycles. The molecule has 0 saturated heterocycles. The second kappa shape index (κ2) is 8.83. The number of hydrogen-bond donors (Lipinski definition) is 1. The van der Waals surface area contributed by atoms with E-state index in [1.807, 2.05) is 36.5 Å². The van der Waals surface area contributed by atoms with Gasteiger partial charge in [-0.25, -0.2) is 4.98 Å². The number of fused-ring (bicyclic) bond motifs is 1. The molecule has 0 amide bonds. The average Bonchev–Trinajstić information content (AvgIpc) is 3.20. The number of pyridine rings is 1. The fourth-order valence-electron chi connectivity index (χ4n) is 4.05. The predicted octanol–water partition coefficient (Wildman–Crippen LogP) is 7.25. The second-order valence-corrected chi connectivity index (χ2v) is 8.41. The van der Waals surface area contributed by atoms with E-state index < -0.39 is 0 Å². The monoisotopic (exact) mass is 433 g/mol. The van der Waals surface area contributed by atoms with Crippen LogP contribution in [0.15, 0.2) is 91.1 Å². The van der Waals surface area contributed by atoms with Gasteiger partial charge in [-0.3, -0.25) is 4.40 Å². The van der Waals surface area contributed by atoms with Gasteiger partial charge in [0.25, 0.3) is 0 Å². The minimum atomic E-state index is 0.493. The topological polar surface area (TPSA) is 38.6 Å². The lowest BCUT2D eigenvalue weighted by atomic mass is 10.1. The zero-order chi connectivity index (χ0) is 22.8. The molecule has 0 atom stereocenters. The van der Waals surface area contributed by atoms with Gasteiger partial charge in [0.2, 0.25) is 0 Å². The number of nitrogens with one attached hydrogen (secondary N) is 1. The number of aryl methyl sites for hydroxylation is 3. The molecule has 0 aliphatic carbocycles. The number of aromatic nitrogens is 2. The lowest BCUT2D eigenvalue weighted by Crippen LogP contribution is -2.01. The Balaban J connectivity index is 1.63. The summed E-state index contributed by atoms with van der Waals surface area (Å²) in [6, 6.07) is 29.0. The third kappa shape index (κ3) is 4.20. The molecule has 2 aromatic heterocycles. The fraction of sp³-hybridized carbons (Fsp3) is 0.138. The summed E-state index contributed by atoms with van der Waals surface area (Å²) >= 11 is 0. The Morgan fingerprint density at radius 2 is 1.52 bits per heavy atom. The zero-order valence-corrected chi connectivity index (χ0v) is 19.2. The largest absolute Gasteiger partial charge is 0.485 e. The maximum atomic E-state index is 6.22. The van der Waals surface area contributed by atoms with Crippen molar-refractivity contribution >= 4 is 17.2 Å². The third-order valence-electron chi connectivity index (χ3n) is 5.90. The summed E-state index contributed by atoms with van der Waals surface area (Å²) in [4.78, 5) is 5.06. The summed E-state index contributed by atoms with van der Waals surface area (Å²) in [5.74, 6) is 1.68. The Bertz CT molecular complexity index is 1380.